The highest BCUT2D eigenvalue weighted by Gasteiger charge is 2.14. The normalized spacial score (nSPS) is 10.2. The summed E-state index contributed by atoms with van der Waals surface area (Å²) in [6, 6.07) is 20.6. The minimum Gasteiger partial charge on any atom is -0.495 e. The Morgan fingerprint density at radius 3 is 2.29 bits per heavy atom. The zero-order valence-electron chi connectivity index (χ0n) is 16.2. The fourth-order valence-corrected chi connectivity index (χ4v) is 2.78. The van der Waals surface area contributed by atoms with E-state index in [9.17, 15) is 4.79 Å². The van der Waals surface area contributed by atoms with Crippen LogP contribution in [0.2, 0.25) is 0 Å². The highest BCUT2D eigenvalue weighted by atomic mass is 16.5. The molecule has 0 saturated carbocycles. The number of hydrogen-bond donors (Lipinski definition) is 1. The molecule has 0 aliphatic rings. The highest BCUT2D eigenvalue weighted by molar-refractivity contribution is 6.05. The summed E-state index contributed by atoms with van der Waals surface area (Å²) in [4.78, 5) is 12.7. The van der Waals surface area contributed by atoms with Crippen LogP contribution in [0.1, 0.15) is 21.5 Å². The topological polar surface area (TPSA) is 56.8 Å². The van der Waals surface area contributed by atoms with Gasteiger partial charge in [0.1, 0.15) is 12.4 Å². The van der Waals surface area contributed by atoms with Crippen LogP contribution in [0.5, 0.6) is 17.2 Å². The molecule has 0 aromatic heterocycles. The average molecular weight is 377 g/mol. The second-order valence-corrected chi connectivity index (χ2v) is 6.30. The Morgan fingerprint density at radius 2 is 1.57 bits per heavy atom. The number of carbonyl (C=O) groups excluding carboxylic acids is 1. The van der Waals surface area contributed by atoms with Crippen LogP contribution in [0.15, 0.2) is 66.7 Å². The van der Waals surface area contributed by atoms with E-state index in [-0.39, 0.29) is 5.91 Å². The first-order chi connectivity index (χ1) is 13.6. The van der Waals surface area contributed by atoms with Crippen molar-refractivity contribution in [2.24, 2.45) is 0 Å². The molecule has 5 heteroatoms. The van der Waals surface area contributed by atoms with Crippen molar-refractivity contribution in [3.63, 3.8) is 0 Å². The van der Waals surface area contributed by atoms with Crippen LogP contribution in [-0.2, 0) is 6.61 Å². The van der Waals surface area contributed by atoms with Crippen molar-refractivity contribution >= 4 is 11.6 Å². The maximum atomic E-state index is 12.7. The molecule has 0 aliphatic carbocycles. The molecule has 0 spiro atoms. The van der Waals surface area contributed by atoms with E-state index in [1.165, 1.54) is 0 Å². The molecule has 0 heterocycles. The van der Waals surface area contributed by atoms with Crippen LogP contribution in [0.25, 0.3) is 0 Å². The molecule has 0 bridgehead atoms. The van der Waals surface area contributed by atoms with Gasteiger partial charge in [0.15, 0.2) is 11.5 Å². The molecule has 1 N–H and O–H groups in total. The van der Waals surface area contributed by atoms with Gasteiger partial charge in [-0.05, 0) is 48.4 Å². The maximum Gasteiger partial charge on any atom is 0.255 e. The lowest BCUT2D eigenvalue weighted by atomic mass is 10.1. The summed E-state index contributed by atoms with van der Waals surface area (Å²) in [5.74, 6) is 1.43. The van der Waals surface area contributed by atoms with E-state index in [1.807, 2.05) is 55.5 Å². The molecule has 0 fully saturated rings. The lowest BCUT2D eigenvalue weighted by Crippen LogP contribution is -2.13. The van der Waals surface area contributed by atoms with Gasteiger partial charge in [-0.3, -0.25) is 4.79 Å². The Kier molecular flexibility index (Phi) is 6.17. The van der Waals surface area contributed by atoms with E-state index in [2.05, 4.69) is 5.32 Å². The molecule has 0 atom stereocenters. The molecule has 0 saturated heterocycles. The van der Waals surface area contributed by atoms with E-state index in [0.29, 0.717) is 35.1 Å². The Labute approximate surface area is 164 Å². The standard InChI is InChI=1S/C23H23NO4/c1-16-9-11-20(26-2)19(13-16)24-23(25)18-10-12-21(22(14-18)27-3)28-15-17-7-5-4-6-8-17/h4-14H,15H2,1-3H3,(H,24,25). The highest BCUT2D eigenvalue weighted by Crippen LogP contribution is 2.30. The quantitative estimate of drug-likeness (QED) is 0.640. The minimum atomic E-state index is -0.253. The van der Waals surface area contributed by atoms with Crippen LogP contribution >= 0.6 is 0 Å². The summed E-state index contributed by atoms with van der Waals surface area (Å²) in [7, 11) is 3.12. The van der Waals surface area contributed by atoms with Crippen LogP contribution in [0.3, 0.4) is 0 Å². The molecule has 0 radical (unpaired) electrons. The van der Waals surface area contributed by atoms with Crippen molar-refractivity contribution in [1.29, 1.82) is 0 Å². The van der Waals surface area contributed by atoms with Gasteiger partial charge >= 0.3 is 0 Å². The van der Waals surface area contributed by atoms with Gasteiger partial charge in [0.2, 0.25) is 0 Å². The SMILES string of the molecule is COc1ccc(C)cc1NC(=O)c1ccc(OCc2ccccc2)c(OC)c1. The maximum absolute atomic E-state index is 12.7. The first-order valence-corrected chi connectivity index (χ1v) is 8.91. The Morgan fingerprint density at radius 1 is 0.857 bits per heavy atom. The predicted molar refractivity (Wildman–Crippen MR) is 109 cm³/mol. The monoisotopic (exact) mass is 377 g/mol. The number of amides is 1. The van der Waals surface area contributed by atoms with Crippen LogP contribution < -0.4 is 19.5 Å². The van der Waals surface area contributed by atoms with Crippen LogP contribution in [0.4, 0.5) is 5.69 Å². The summed E-state index contributed by atoms with van der Waals surface area (Å²) >= 11 is 0. The van der Waals surface area contributed by atoms with Crippen molar-refractivity contribution in [2.45, 2.75) is 13.5 Å². The number of benzene rings is 3. The third-order valence-electron chi connectivity index (χ3n) is 4.27. The van der Waals surface area contributed by atoms with Crippen LogP contribution in [-0.4, -0.2) is 20.1 Å². The van der Waals surface area contributed by atoms with E-state index >= 15 is 0 Å². The summed E-state index contributed by atoms with van der Waals surface area (Å²) in [5, 5.41) is 2.89. The number of methoxy groups -OCH3 is 2. The number of aryl methyl sites for hydroxylation is 1. The Hall–Kier alpha value is -3.47. The molecule has 0 aliphatic heterocycles. The van der Waals surface area contributed by atoms with Gasteiger partial charge < -0.3 is 19.5 Å². The number of hydrogen-bond acceptors (Lipinski definition) is 4. The fraction of sp³-hybridized carbons (Fsp3) is 0.174. The van der Waals surface area contributed by atoms with E-state index in [0.717, 1.165) is 11.1 Å². The molecule has 5 nitrogen and oxygen atoms in total. The Bertz CT molecular complexity index is 954. The van der Waals surface area contributed by atoms with E-state index in [1.54, 1.807) is 32.4 Å². The molecule has 0 unspecified atom stereocenters. The van der Waals surface area contributed by atoms with Crippen molar-refractivity contribution in [2.75, 3.05) is 19.5 Å². The molecular weight excluding hydrogens is 354 g/mol. The lowest BCUT2D eigenvalue weighted by Gasteiger charge is -2.14. The van der Waals surface area contributed by atoms with Crippen molar-refractivity contribution in [1.82, 2.24) is 0 Å². The van der Waals surface area contributed by atoms with Gasteiger partial charge in [0.25, 0.3) is 5.91 Å². The number of anilines is 1. The summed E-state index contributed by atoms with van der Waals surface area (Å²) < 4.78 is 16.6. The van der Waals surface area contributed by atoms with Gasteiger partial charge in [-0.15, -0.1) is 0 Å². The third kappa shape index (κ3) is 4.62. The molecule has 3 aromatic rings. The van der Waals surface area contributed by atoms with Crippen LogP contribution in [0, 0.1) is 6.92 Å². The van der Waals surface area contributed by atoms with E-state index < -0.39 is 0 Å². The van der Waals surface area contributed by atoms with Crippen molar-refractivity contribution < 1.29 is 19.0 Å². The molecule has 3 aromatic carbocycles. The van der Waals surface area contributed by atoms with Crippen molar-refractivity contribution in [3.05, 3.63) is 83.4 Å². The molecule has 144 valence electrons. The summed E-state index contributed by atoms with van der Waals surface area (Å²) in [6.45, 7) is 2.38. The lowest BCUT2D eigenvalue weighted by molar-refractivity contribution is 0.102. The average Bonchev–Trinajstić information content (AvgIpc) is 2.73. The first-order valence-electron chi connectivity index (χ1n) is 8.91. The molecular formula is C23H23NO4. The number of ether oxygens (including phenoxy) is 3. The van der Waals surface area contributed by atoms with Crippen molar-refractivity contribution in [3.8, 4) is 17.2 Å². The third-order valence-corrected chi connectivity index (χ3v) is 4.27. The molecule has 3 rings (SSSR count). The summed E-state index contributed by atoms with van der Waals surface area (Å²) in [6.07, 6.45) is 0. The van der Waals surface area contributed by atoms with E-state index in [4.69, 9.17) is 14.2 Å². The minimum absolute atomic E-state index is 0.253. The second kappa shape index (κ2) is 8.95. The zero-order valence-corrected chi connectivity index (χ0v) is 16.2. The second-order valence-electron chi connectivity index (χ2n) is 6.30. The number of rotatable bonds is 7. The van der Waals surface area contributed by atoms with Gasteiger partial charge in [0, 0.05) is 5.56 Å². The predicted octanol–water partition coefficient (Wildman–Crippen LogP) is 4.84. The summed E-state index contributed by atoms with van der Waals surface area (Å²) in [5.41, 5.74) is 3.17. The van der Waals surface area contributed by atoms with Gasteiger partial charge in [-0.1, -0.05) is 36.4 Å². The number of nitrogens with one attached hydrogen (secondary N) is 1. The van der Waals surface area contributed by atoms with Gasteiger partial charge in [-0.25, -0.2) is 0 Å². The fourth-order valence-electron chi connectivity index (χ4n) is 2.78. The van der Waals surface area contributed by atoms with Gasteiger partial charge in [-0.2, -0.15) is 0 Å². The molecule has 1 amide bonds. The Balaban J connectivity index is 1.75. The number of carbonyl (C=O) groups is 1. The first kappa shape index (κ1) is 19.3. The molecule has 28 heavy (non-hydrogen) atoms. The van der Waals surface area contributed by atoms with Gasteiger partial charge in [0.05, 0.1) is 19.9 Å². The smallest absolute Gasteiger partial charge is 0.255 e. The zero-order chi connectivity index (χ0) is 19.9. The largest absolute Gasteiger partial charge is 0.495 e.